The van der Waals surface area contributed by atoms with Gasteiger partial charge in [-0.15, -0.1) is 0 Å². The van der Waals surface area contributed by atoms with Crippen molar-refractivity contribution in [2.75, 3.05) is 16.8 Å². The number of aromatic nitrogens is 1. The van der Waals surface area contributed by atoms with E-state index < -0.39 is 10.8 Å². The zero-order valence-electron chi connectivity index (χ0n) is 16.9. The molecule has 3 aromatic carbocycles. The van der Waals surface area contributed by atoms with Crippen molar-refractivity contribution in [3.63, 3.8) is 0 Å². The van der Waals surface area contributed by atoms with Gasteiger partial charge in [-0.25, -0.2) is 0 Å². The lowest BCUT2D eigenvalue weighted by atomic mass is 10.1. The van der Waals surface area contributed by atoms with E-state index in [0.717, 1.165) is 17.7 Å². The number of hydrogen-bond acceptors (Lipinski definition) is 4. The predicted octanol–water partition coefficient (Wildman–Crippen LogP) is 4.53. The average Bonchev–Trinajstić information content (AvgIpc) is 3.43. The summed E-state index contributed by atoms with van der Waals surface area (Å²) < 4.78 is 0. The lowest BCUT2D eigenvalue weighted by molar-refractivity contribution is -0.383. The molecule has 0 spiro atoms. The van der Waals surface area contributed by atoms with Crippen LogP contribution in [0.15, 0.2) is 72.8 Å². The first-order valence-electron chi connectivity index (χ1n) is 10.1. The quantitative estimate of drug-likeness (QED) is 0.369. The summed E-state index contributed by atoms with van der Waals surface area (Å²) in [6, 6.07) is 20.8. The summed E-state index contributed by atoms with van der Waals surface area (Å²) in [4.78, 5) is 40.9. The van der Waals surface area contributed by atoms with Crippen LogP contribution in [0.25, 0.3) is 10.9 Å². The van der Waals surface area contributed by atoms with E-state index in [1.165, 1.54) is 6.07 Å². The Morgan fingerprint density at radius 3 is 2.56 bits per heavy atom. The first kappa shape index (κ1) is 19.5. The fraction of sp³-hybridized carbons (Fsp3) is 0.0833. The predicted molar refractivity (Wildman–Crippen MR) is 121 cm³/mol. The Kier molecular flexibility index (Phi) is 4.67. The van der Waals surface area contributed by atoms with Crippen LogP contribution in [0.5, 0.6) is 0 Å². The van der Waals surface area contributed by atoms with Gasteiger partial charge in [0.2, 0.25) is 0 Å². The van der Waals surface area contributed by atoms with Crippen molar-refractivity contribution in [1.82, 2.24) is 4.98 Å². The highest BCUT2D eigenvalue weighted by Gasteiger charge is 2.25. The molecule has 5 rings (SSSR count). The lowest BCUT2D eigenvalue weighted by Crippen LogP contribution is -2.28. The van der Waals surface area contributed by atoms with Gasteiger partial charge in [0, 0.05) is 34.9 Å². The van der Waals surface area contributed by atoms with Gasteiger partial charge < -0.3 is 15.2 Å². The lowest BCUT2D eigenvalue weighted by Gasteiger charge is -2.17. The Labute approximate surface area is 182 Å². The summed E-state index contributed by atoms with van der Waals surface area (Å²) >= 11 is 0. The van der Waals surface area contributed by atoms with Crippen LogP contribution in [-0.4, -0.2) is 28.3 Å². The SMILES string of the molecule is O=C(Nc1ccc(C(=O)N2CCc3ccccc32)cc1)c1cc2cccc([N+](=O)[O-])c2[nH]1. The maximum Gasteiger partial charge on any atom is 0.293 e. The summed E-state index contributed by atoms with van der Waals surface area (Å²) in [6.45, 7) is 0.642. The van der Waals surface area contributed by atoms with Crippen LogP contribution in [0.3, 0.4) is 0 Å². The number of rotatable bonds is 4. The second-order valence-corrected chi connectivity index (χ2v) is 7.55. The first-order chi connectivity index (χ1) is 15.5. The molecule has 2 N–H and O–H groups in total. The number of benzene rings is 3. The largest absolute Gasteiger partial charge is 0.345 e. The normalized spacial score (nSPS) is 12.6. The number of anilines is 2. The van der Waals surface area contributed by atoms with E-state index in [9.17, 15) is 19.7 Å². The molecule has 0 radical (unpaired) electrons. The minimum absolute atomic E-state index is 0.0873. The second kappa shape index (κ2) is 7.66. The molecule has 4 aromatic rings. The zero-order valence-corrected chi connectivity index (χ0v) is 16.9. The van der Waals surface area contributed by atoms with Crippen LogP contribution in [0, 0.1) is 10.1 Å². The Bertz CT molecular complexity index is 1370. The van der Waals surface area contributed by atoms with Gasteiger partial charge in [0.05, 0.1) is 4.92 Å². The number of aromatic amines is 1. The standard InChI is InChI=1S/C24H18N4O4/c29-23(19-14-17-5-3-7-21(28(31)32)22(17)26-19)25-18-10-8-16(9-11-18)24(30)27-13-12-15-4-1-2-6-20(15)27/h1-11,14,26H,12-13H2,(H,25,29). The number of H-pyrrole nitrogens is 1. The summed E-state index contributed by atoms with van der Waals surface area (Å²) in [6.07, 6.45) is 0.832. The summed E-state index contributed by atoms with van der Waals surface area (Å²) in [5, 5.41) is 14.5. The number of nitro benzene ring substituents is 1. The molecule has 0 saturated carbocycles. The monoisotopic (exact) mass is 426 g/mol. The van der Waals surface area contributed by atoms with E-state index in [-0.39, 0.29) is 17.3 Å². The molecule has 0 aliphatic carbocycles. The topological polar surface area (TPSA) is 108 Å². The molecule has 158 valence electrons. The molecule has 2 amide bonds. The minimum atomic E-state index is -0.491. The molecule has 0 atom stereocenters. The molecule has 0 saturated heterocycles. The van der Waals surface area contributed by atoms with Crippen molar-refractivity contribution in [1.29, 1.82) is 0 Å². The van der Waals surface area contributed by atoms with E-state index in [4.69, 9.17) is 0 Å². The van der Waals surface area contributed by atoms with Gasteiger partial charge >= 0.3 is 0 Å². The molecule has 0 fully saturated rings. The molecule has 0 bridgehead atoms. The average molecular weight is 426 g/mol. The smallest absolute Gasteiger partial charge is 0.293 e. The number of fused-ring (bicyclic) bond motifs is 2. The molecular formula is C24H18N4O4. The van der Waals surface area contributed by atoms with E-state index in [0.29, 0.717) is 28.7 Å². The number of nitrogens with one attached hydrogen (secondary N) is 2. The fourth-order valence-corrected chi connectivity index (χ4v) is 4.01. The van der Waals surface area contributed by atoms with Crippen LogP contribution in [0.2, 0.25) is 0 Å². The van der Waals surface area contributed by atoms with Crippen molar-refractivity contribution in [2.24, 2.45) is 0 Å². The number of amides is 2. The number of para-hydroxylation sites is 2. The second-order valence-electron chi connectivity index (χ2n) is 7.55. The van der Waals surface area contributed by atoms with E-state index in [1.54, 1.807) is 47.4 Å². The zero-order chi connectivity index (χ0) is 22.2. The fourth-order valence-electron chi connectivity index (χ4n) is 4.01. The number of carbonyl (C=O) groups is 2. The first-order valence-corrected chi connectivity index (χ1v) is 10.1. The Morgan fingerprint density at radius 2 is 1.78 bits per heavy atom. The Hall–Kier alpha value is -4.46. The number of hydrogen-bond donors (Lipinski definition) is 2. The van der Waals surface area contributed by atoms with Gasteiger partial charge in [-0.2, -0.15) is 0 Å². The van der Waals surface area contributed by atoms with Gasteiger partial charge in [-0.05, 0) is 48.4 Å². The minimum Gasteiger partial charge on any atom is -0.345 e. The van der Waals surface area contributed by atoms with Gasteiger partial charge in [-0.1, -0.05) is 30.3 Å². The summed E-state index contributed by atoms with van der Waals surface area (Å²) in [5.41, 5.74) is 3.55. The number of non-ortho nitro benzene ring substituents is 1. The third kappa shape index (κ3) is 3.37. The highest BCUT2D eigenvalue weighted by molar-refractivity contribution is 6.09. The number of nitrogens with zero attached hydrogens (tertiary/aromatic N) is 2. The van der Waals surface area contributed by atoms with Gasteiger partial charge in [0.15, 0.2) is 0 Å². The third-order valence-electron chi connectivity index (χ3n) is 5.60. The Morgan fingerprint density at radius 1 is 1.00 bits per heavy atom. The molecule has 8 nitrogen and oxygen atoms in total. The van der Waals surface area contributed by atoms with Crippen molar-refractivity contribution < 1.29 is 14.5 Å². The maximum atomic E-state index is 12.9. The van der Waals surface area contributed by atoms with E-state index >= 15 is 0 Å². The summed E-state index contributed by atoms with van der Waals surface area (Å²) in [7, 11) is 0. The highest BCUT2D eigenvalue weighted by atomic mass is 16.6. The molecule has 1 aliphatic rings. The van der Waals surface area contributed by atoms with E-state index in [2.05, 4.69) is 10.3 Å². The van der Waals surface area contributed by atoms with Crippen LogP contribution in [0.1, 0.15) is 26.4 Å². The maximum absolute atomic E-state index is 12.9. The highest BCUT2D eigenvalue weighted by Crippen LogP contribution is 2.29. The van der Waals surface area contributed by atoms with Crippen LogP contribution >= 0.6 is 0 Å². The molecule has 32 heavy (non-hydrogen) atoms. The van der Waals surface area contributed by atoms with Gasteiger partial charge in [0.25, 0.3) is 17.5 Å². The molecule has 8 heteroatoms. The van der Waals surface area contributed by atoms with Crippen LogP contribution in [-0.2, 0) is 6.42 Å². The molecule has 0 unspecified atom stereocenters. The molecular weight excluding hydrogens is 408 g/mol. The molecule has 1 aromatic heterocycles. The summed E-state index contributed by atoms with van der Waals surface area (Å²) in [5.74, 6) is -0.515. The van der Waals surface area contributed by atoms with Gasteiger partial charge in [-0.3, -0.25) is 19.7 Å². The van der Waals surface area contributed by atoms with Crippen LogP contribution in [0.4, 0.5) is 17.1 Å². The van der Waals surface area contributed by atoms with Gasteiger partial charge in [0.1, 0.15) is 11.2 Å². The van der Waals surface area contributed by atoms with Crippen molar-refractivity contribution in [3.05, 3.63) is 99.7 Å². The third-order valence-corrected chi connectivity index (χ3v) is 5.60. The number of carbonyl (C=O) groups excluding carboxylic acids is 2. The van der Waals surface area contributed by atoms with Crippen LogP contribution < -0.4 is 10.2 Å². The van der Waals surface area contributed by atoms with Crippen molar-refractivity contribution in [2.45, 2.75) is 6.42 Å². The number of nitro groups is 1. The van der Waals surface area contributed by atoms with Crippen molar-refractivity contribution in [3.8, 4) is 0 Å². The Balaban J connectivity index is 1.32. The molecule has 1 aliphatic heterocycles. The van der Waals surface area contributed by atoms with Crippen molar-refractivity contribution >= 4 is 39.8 Å². The molecule has 2 heterocycles. The van der Waals surface area contributed by atoms with E-state index in [1.807, 2.05) is 24.3 Å².